The van der Waals surface area contributed by atoms with Gasteiger partial charge in [0.1, 0.15) is 0 Å². The largest absolute Gasteiger partial charge is 1.00 e. The zero-order valence-corrected chi connectivity index (χ0v) is 32.6. The van der Waals surface area contributed by atoms with Crippen molar-refractivity contribution in [2.75, 3.05) is 11.5 Å². The fraction of sp³-hybridized carbons (Fsp3) is 0.857. The minimum Gasteiger partial charge on any atom is -0.405 e. The normalized spacial score (nSPS) is 21.4. The number of hydrogen-bond donors (Lipinski definition) is 0. The topological polar surface area (TPSA) is 173 Å². The van der Waals surface area contributed by atoms with Crippen LogP contribution >= 0.6 is 0 Å². The molecule has 29 heteroatoms. The molecule has 2 saturated heterocycles. The summed E-state index contributed by atoms with van der Waals surface area (Å²) in [4.78, 5) is 46.7. The Labute approximate surface area is 351 Å². The summed E-state index contributed by atoms with van der Waals surface area (Å²) in [6.45, 7) is 0. The SMILES string of the molecule is O=C1OC(C(F)(F)F)(C(F)(F)F)OC(=O)C1S(=O)(=O)CCCC1CCCC1.O=C1OC(C(F)(F)F)(C(F)(F)F)OC(=O)C1S(=O)(=O)CCCC1CCCC1.[Fe].[Li+].[Li+]. The van der Waals surface area contributed by atoms with E-state index in [0.29, 0.717) is 12.8 Å². The molecule has 12 nitrogen and oxygen atoms in total. The van der Waals surface area contributed by atoms with E-state index >= 15 is 0 Å². The quantitative estimate of drug-likeness (QED) is 0.117. The van der Waals surface area contributed by atoms with Crippen molar-refractivity contribution in [3.05, 3.63) is 0 Å². The van der Waals surface area contributed by atoms with Gasteiger partial charge in [-0.1, -0.05) is 51.4 Å². The Balaban J connectivity index is 0.00000105. The molecule has 0 atom stereocenters. The Morgan fingerprint density at radius 2 is 0.684 bits per heavy atom. The Morgan fingerprint density at radius 3 is 0.877 bits per heavy atom. The minimum atomic E-state index is -6.34. The first-order valence-electron chi connectivity index (χ1n) is 16.0. The maximum Gasteiger partial charge on any atom is 1.00 e. The van der Waals surface area contributed by atoms with Crippen molar-refractivity contribution in [1.29, 1.82) is 0 Å². The van der Waals surface area contributed by atoms with Crippen molar-refractivity contribution in [1.82, 2.24) is 0 Å². The first kappa shape index (κ1) is 55.7. The molecule has 0 radical (unpaired) electrons. The summed E-state index contributed by atoms with van der Waals surface area (Å²) in [5.74, 6) is -21.9. The molecule has 0 N–H and O–H groups in total. The van der Waals surface area contributed by atoms with Crippen LogP contribution in [-0.4, -0.2) is 99.0 Å². The fourth-order valence-corrected chi connectivity index (χ4v) is 9.34. The molecule has 320 valence electrons. The summed E-state index contributed by atoms with van der Waals surface area (Å²) in [5, 5.41) is -5.75. The number of hydrogen-bond acceptors (Lipinski definition) is 12. The average Bonchev–Trinajstić information content (AvgIpc) is 3.69. The van der Waals surface area contributed by atoms with Crippen molar-refractivity contribution in [2.45, 2.75) is 124 Å². The molecule has 4 fully saturated rings. The molecule has 2 aliphatic carbocycles. The van der Waals surface area contributed by atoms with Gasteiger partial charge in [-0.15, -0.1) is 0 Å². The summed E-state index contributed by atoms with van der Waals surface area (Å²) >= 11 is 0. The molecule has 4 rings (SSSR count). The van der Waals surface area contributed by atoms with E-state index in [1.165, 1.54) is 0 Å². The zero-order chi connectivity index (χ0) is 41.3. The summed E-state index contributed by atoms with van der Waals surface area (Å²) in [5.41, 5.74) is 0. The Hall–Kier alpha value is -1.35. The molecule has 0 spiro atoms. The van der Waals surface area contributed by atoms with E-state index in [4.69, 9.17) is 0 Å². The van der Waals surface area contributed by atoms with Crippen molar-refractivity contribution in [2.24, 2.45) is 11.8 Å². The number of rotatable bonds is 10. The number of ether oxygens (including phenoxy) is 4. The molecular formula is C28H32F12FeLi2O12S2+2. The van der Waals surface area contributed by atoms with Crippen LogP contribution in [0.3, 0.4) is 0 Å². The van der Waals surface area contributed by atoms with Gasteiger partial charge in [-0.2, -0.15) is 52.7 Å². The second kappa shape index (κ2) is 20.0. The maximum atomic E-state index is 12.8. The minimum absolute atomic E-state index is 0. The van der Waals surface area contributed by atoms with Gasteiger partial charge >= 0.3 is 97.9 Å². The molecule has 0 aromatic rings. The smallest absolute Gasteiger partial charge is 0.405 e. The standard InChI is InChI=1S/2C14H16F6O6S.Fe.2Li/c2*15-13(16,17)12(14(18,19)20)25-10(21)9(11(22)26-12)27(23,24)7-3-6-8-4-1-2-5-8;;;/h2*8-9H,1-7H2;;;/q;;;2*+1. The van der Waals surface area contributed by atoms with Gasteiger partial charge in [0, 0.05) is 17.1 Å². The van der Waals surface area contributed by atoms with E-state index in [9.17, 15) is 88.7 Å². The summed E-state index contributed by atoms with van der Waals surface area (Å²) in [6, 6.07) is 0. The van der Waals surface area contributed by atoms with Crippen LogP contribution in [0.15, 0.2) is 0 Å². The molecule has 0 bridgehead atoms. The van der Waals surface area contributed by atoms with Crippen LogP contribution < -0.4 is 37.7 Å². The molecule has 2 heterocycles. The van der Waals surface area contributed by atoms with Gasteiger partial charge in [-0.05, 0) is 37.5 Å². The average molecular weight is 922 g/mol. The first-order chi connectivity index (χ1) is 24.4. The third-order valence-corrected chi connectivity index (χ3v) is 13.0. The van der Waals surface area contributed by atoms with Crippen LogP contribution in [0.5, 0.6) is 0 Å². The second-order valence-electron chi connectivity index (χ2n) is 13.0. The van der Waals surface area contributed by atoms with Crippen molar-refractivity contribution in [3.8, 4) is 0 Å². The van der Waals surface area contributed by atoms with Gasteiger partial charge < -0.3 is 18.9 Å². The molecule has 0 aromatic heterocycles. The number of sulfone groups is 2. The van der Waals surface area contributed by atoms with Crippen molar-refractivity contribution < 1.29 is 162 Å². The number of carbonyl (C=O) groups is 4. The maximum absolute atomic E-state index is 12.8. The molecule has 0 aromatic carbocycles. The number of carbonyl (C=O) groups excluding carboxylic acids is 4. The monoisotopic (exact) mass is 922 g/mol. The van der Waals surface area contributed by atoms with Gasteiger partial charge in [0.2, 0.25) is 0 Å². The van der Waals surface area contributed by atoms with Crippen LogP contribution in [0.4, 0.5) is 52.7 Å². The molecule has 0 amide bonds. The Morgan fingerprint density at radius 1 is 0.474 bits per heavy atom. The van der Waals surface area contributed by atoms with Gasteiger partial charge in [-0.3, -0.25) is 0 Å². The Kier molecular flexibility index (Phi) is 19.5. The van der Waals surface area contributed by atoms with E-state index < -0.39 is 102 Å². The van der Waals surface area contributed by atoms with Crippen molar-refractivity contribution in [3.63, 3.8) is 0 Å². The summed E-state index contributed by atoms with van der Waals surface area (Å²) in [7, 11) is -9.40. The predicted octanol–water partition coefficient (Wildman–Crippen LogP) is -0.672. The van der Waals surface area contributed by atoms with Gasteiger partial charge in [0.05, 0.1) is 11.5 Å². The van der Waals surface area contributed by atoms with Crippen LogP contribution in [0.1, 0.15) is 77.0 Å². The van der Waals surface area contributed by atoms with Crippen LogP contribution in [0, 0.1) is 11.8 Å². The van der Waals surface area contributed by atoms with Gasteiger partial charge in [0.25, 0.3) is 10.5 Å². The van der Waals surface area contributed by atoms with Gasteiger partial charge in [0.15, 0.2) is 19.7 Å². The number of cyclic esters (lactones) is 4. The van der Waals surface area contributed by atoms with Gasteiger partial charge in [-0.25, -0.2) is 36.0 Å². The van der Waals surface area contributed by atoms with Crippen LogP contribution in [-0.2, 0) is 74.9 Å². The number of alkyl halides is 12. The number of halogens is 12. The van der Waals surface area contributed by atoms with E-state index in [0.717, 1.165) is 51.4 Å². The zero-order valence-electron chi connectivity index (χ0n) is 29.8. The molecule has 0 unspecified atom stereocenters. The molecule has 2 aliphatic heterocycles. The molecule has 4 aliphatic rings. The van der Waals surface area contributed by atoms with Crippen LogP contribution in [0.2, 0.25) is 0 Å². The summed E-state index contributed by atoms with van der Waals surface area (Å²) < 4.78 is 216. The predicted molar refractivity (Wildman–Crippen MR) is 152 cm³/mol. The second-order valence-corrected chi connectivity index (χ2v) is 17.4. The van der Waals surface area contributed by atoms with Crippen molar-refractivity contribution >= 4 is 43.6 Å². The van der Waals surface area contributed by atoms with Crippen LogP contribution in [0.25, 0.3) is 0 Å². The third-order valence-electron chi connectivity index (χ3n) is 9.08. The van der Waals surface area contributed by atoms with E-state index in [1.807, 2.05) is 0 Å². The van der Waals surface area contributed by atoms with E-state index in [2.05, 4.69) is 18.9 Å². The first-order valence-corrected chi connectivity index (χ1v) is 19.5. The molecular weight excluding hydrogens is 890 g/mol. The van der Waals surface area contributed by atoms with E-state index in [1.54, 1.807) is 0 Å². The molecule has 2 saturated carbocycles. The van der Waals surface area contributed by atoms with E-state index in [-0.39, 0.29) is 79.5 Å². The Bertz CT molecular complexity index is 1460. The molecule has 57 heavy (non-hydrogen) atoms. The summed E-state index contributed by atoms with van der Waals surface area (Å²) in [6.07, 6.45) is -17.0. The fourth-order valence-electron chi connectivity index (χ4n) is 6.37. The third kappa shape index (κ3) is 12.4. The number of esters is 4.